The molecule has 6 rings (SSSR count). The summed E-state index contributed by atoms with van der Waals surface area (Å²) in [4.78, 5) is 4.78. The number of aromatic nitrogens is 3. The molecule has 6 heteroatoms. The van der Waals surface area contributed by atoms with Crippen LogP contribution in [0.3, 0.4) is 0 Å². The van der Waals surface area contributed by atoms with Crippen LogP contribution >= 0.6 is 0 Å². The molecule has 1 saturated heterocycles. The quantitative estimate of drug-likeness (QED) is 0.270. The number of fused-ring (bicyclic) bond motifs is 1. The van der Waals surface area contributed by atoms with Gasteiger partial charge in [-0.25, -0.2) is 0 Å². The number of piperidine rings is 1. The fourth-order valence-electron chi connectivity index (χ4n) is 5.12. The Bertz CT molecular complexity index is 1510. The van der Waals surface area contributed by atoms with Crippen molar-refractivity contribution in [3.05, 3.63) is 108 Å². The molecule has 0 amide bonds. The van der Waals surface area contributed by atoms with Gasteiger partial charge in [-0.15, -0.1) is 0 Å². The minimum atomic E-state index is 0.409. The fourth-order valence-corrected chi connectivity index (χ4v) is 5.12. The highest BCUT2D eigenvalue weighted by Crippen LogP contribution is 2.36. The second kappa shape index (κ2) is 11.1. The van der Waals surface area contributed by atoms with Gasteiger partial charge >= 0.3 is 0 Å². The Morgan fingerprint density at radius 2 is 1.61 bits per heavy atom. The number of hydrogen-bond acceptors (Lipinski definition) is 5. The number of rotatable bonds is 8. The number of pyridine rings is 1. The summed E-state index contributed by atoms with van der Waals surface area (Å²) >= 11 is 0. The Labute approximate surface area is 223 Å². The van der Waals surface area contributed by atoms with E-state index in [4.69, 9.17) is 19.6 Å². The molecule has 0 spiro atoms. The molecule has 1 aliphatic rings. The molecule has 3 heterocycles. The van der Waals surface area contributed by atoms with Crippen LogP contribution in [0.4, 0.5) is 0 Å². The van der Waals surface area contributed by atoms with Crippen LogP contribution in [0.2, 0.25) is 0 Å². The molecule has 0 unspecified atom stereocenters. The zero-order chi connectivity index (χ0) is 25.7. The molecular formula is C32H32N4O2. The third-order valence-electron chi connectivity index (χ3n) is 7.18. The fraction of sp³-hybridized carbons (Fsp3) is 0.250. The van der Waals surface area contributed by atoms with E-state index < -0.39 is 0 Å². The summed E-state index contributed by atoms with van der Waals surface area (Å²) in [6.07, 6.45) is 2.43. The van der Waals surface area contributed by atoms with Crippen LogP contribution in [0.1, 0.15) is 35.4 Å². The number of nitrogens with one attached hydrogen (secondary N) is 1. The molecule has 0 saturated carbocycles. The summed E-state index contributed by atoms with van der Waals surface area (Å²) in [6, 6.07) is 30.9. The summed E-state index contributed by atoms with van der Waals surface area (Å²) < 4.78 is 14.3. The lowest BCUT2D eigenvalue weighted by Crippen LogP contribution is -2.28. The Morgan fingerprint density at radius 3 is 2.32 bits per heavy atom. The van der Waals surface area contributed by atoms with Crippen molar-refractivity contribution >= 4 is 10.9 Å². The average Bonchev–Trinajstić information content (AvgIpc) is 3.32. The molecule has 0 radical (unpaired) electrons. The lowest BCUT2D eigenvalue weighted by molar-refractivity contribution is 0.268. The normalized spacial score (nSPS) is 15.4. The average molecular weight is 505 g/mol. The zero-order valence-corrected chi connectivity index (χ0v) is 21.6. The molecular weight excluding hydrogens is 472 g/mol. The molecule has 6 nitrogen and oxygen atoms in total. The number of nitrogens with zero attached hydrogens (tertiary/aromatic N) is 3. The minimum absolute atomic E-state index is 0.409. The van der Waals surface area contributed by atoms with E-state index >= 15 is 0 Å². The standard InChI is InChI=1S/C32H32N4O2/c1-36-29-19-25(26-13-8-18-33-20-26)14-15-27(29)31(35-36)28-16-17-30(37-21-23-9-4-2-5-10-23)34-32(28)38-22-24-11-6-3-7-12-24/h2-7,9-12,14-17,19,26,33H,8,13,18,20-22H2,1H3/t26-/m0/s1. The van der Waals surface area contributed by atoms with E-state index in [1.54, 1.807) is 0 Å². The van der Waals surface area contributed by atoms with Crippen LogP contribution in [0.15, 0.2) is 91.0 Å². The molecule has 3 aromatic carbocycles. The second-order valence-electron chi connectivity index (χ2n) is 9.84. The number of ether oxygens (including phenoxy) is 2. The third-order valence-corrected chi connectivity index (χ3v) is 7.18. The SMILES string of the molecule is Cn1nc(-c2ccc(OCc3ccccc3)nc2OCc2ccccc2)c2ccc([C@H]3CCCNC3)cc21. The monoisotopic (exact) mass is 504 g/mol. The lowest BCUT2D eigenvalue weighted by Gasteiger charge is -2.23. The van der Waals surface area contributed by atoms with Gasteiger partial charge in [-0.2, -0.15) is 10.1 Å². The van der Waals surface area contributed by atoms with Gasteiger partial charge in [0.1, 0.15) is 18.9 Å². The van der Waals surface area contributed by atoms with Crippen LogP contribution in [-0.2, 0) is 20.3 Å². The number of aryl methyl sites for hydroxylation is 1. The van der Waals surface area contributed by atoms with Crippen LogP contribution in [0.25, 0.3) is 22.2 Å². The van der Waals surface area contributed by atoms with E-state index in [9.17, 15) is 0 Å². The first-order valence-electron chi connectivity index (χ1n) is 13.3. The van der Waals surface area contributed by atoms with Gasteiger partial charge in [0, 0.05) is 25.0 Å². The molecule has 1 aliphatic heterocycles. The smallest absolute Gasteiger partial charge is 0.226 e. The highest BCUT2D eigenvalue weighted by molar-refractivity contribution is 5.95. The Morgan fingerprint density at radius 1 is 0.868 bits per heavy atom. The Kier molecular flexibility index (Phi) is 7.05. The summed E-state index contributed by atoms with van der Waals surface area (Å²) in [5.74, 6) is 1.58. The minimum Gasteiger partial charge on any atom is -0.473 e. The number of benzene rings is 3. The van der Waals surface area contributed by atoms with Gasteiger partial charge < -0.3 is 14.8 Å². The van der Waals surface area contributed by atoms with Crippen molar-refractivity contribution in [1.29, 1.82) is 0 Å². The van der Waals surface area contributed by atoms with Crippen LogP contribution < -0.4 is 14.8 Å². The highest BCUT2D eigenvalue weighted by atomic mass is 16.5. The lowest BCUT2D eigenvalue weighted by atomic mass is 9.91. The van der Waals surface area contributed by atoms with E-state index in [-0.39, 0.29) is 0 Å². The summed E-state index contributed by atoms with van der Waals surface area (Å²) in [7, 11) is 2.00. The van der Waals surface area contributed by atoms with Crippen molar-refractivity contribution < 1.29 is 9.47 Å². The van der Waals surface area contributed by atoms with E-state index in [1.807, 2.05) is 84.5 Å². The molecule has 0 bridgehead atoms. The molecule has 5 aromatic rings. The molecule has 1 fully saturated rings. The van der Waals surface area contributed by atoms with Crippen LogP contribution in [0.5, 0.6) is 11.8 Å². The molecule has 192 valence electrons. The largest absolute Gasteiger partial charge is 0.473 e. The second-order valence-corrected chi connectivity index (χ2v) is 9.84. The first-order chi connectivity index (χ1) is 18.7. The summed E-state index contributed by atoms with van der Waals surface area (Å²) in [5.41, 5.74) is 6.35. The maximum Gasteiger partial charge on any atom is 0.226 e. The van der Waals surface area contributed by atoms with Crippen LogP contribution in [0, 0.1) is 0 Å². The summed E-state index contributed by atoms with van der Waals surface area (Å²) in [6.45, 7) is 2.99. The predicted octanol–water partition coefficient (Wildman–Crippen LogP) is 6.26. The third kappa shape index (κ3) is 5.27. The van der Waals surface area contributed by atoms with Crippen molar-refractivity contribution in [2.24, 2.45) is 7.05 Å². The molecule has 1 N–H and O–H groups in total. The topological polar surface area (TPSA) is 61.2 Å². The van der Waals surface area contributed by atoms with E-state index in [1.165, 1.54) is 18.4 Å². The van der Waals surface area contributed by atoms with Gasteiger partial charge in [-0.3, -0.25) is 4.68 Å². The maximum absolute atomic E-state index is 6.30. The molecule has 38 heavy (non-hydrogen) atoms. The van der Waals surface area contributed by atoms with Gasteiger partial charge in [-0.05, 0) is 54.1 Å². The van der Waals surface area contributed by atoms with Gasteiger partial charge in [0.05, 0.1) is 11.1 Å². The summed E-state index contributed by atoms with van der Waals surface area (Å²) in [5, 5.41) is 9.54. The van der Waals surface area contributed by atoms with Gasteiger partial charge in [0.25, 0.3) is 0 Å². The van der Waals surface area contributed by atoms with Crippen molar-refractivity contribution in [3.63, 3.8) is 0 Å². The van der Waals surface area contributed by atoms with Crippen molar-refractivity contribution in [2.45, 2.75) is 32.0 Å². The van der Waals surface area contributed by atoms with Gasteiger partial charge in [0.2, 0.25) is 11.8 Å². The van der Waals surface area contributed by atoms with E-state index in [0.717, 1.165) is 46.4 Å². The molecule has 0 aliphatic carbocycles. The van der Waals surface area contributed by atoms with Crippen molar-refractivity contribution in [3.8, 4) is 23.0 Å². The highest BCUT2D eigenvalue weighted by Gasteiger charge is 2.20. The maximum atomic E-state index is 6.30. The number of hydrogen-bond donors (Lipinski definition) is 1. The van der Waals surface area contributed by atoms with E-state index in [0.29, 0.717) is 30.9 Å². The van der Waals surface area contributed by atoms with Gasteiger partial charge in [0.15, 0.2) is 0 Å². The first kappa shape index (κ1) is 24.2. The Hall–Kier alpha value is -4.16. The van der Waals surface area contributed by atoms with E-state index in [2.05, 4.69) is 23.5 Å². The van der Waals surface area contributed by atoms with Crippen LogP contribution in [-0.4, -0.2) is 27.9 Å². The first-order valence-corrected chi connectivity index (χ1v) is 13.3. The molecule has 2 aromatic heterocycles. The Balaban J connectivity index is 1.34. The van der Waals surface area contributed by atoms with Crippen molar-refractivity contribution in [2.75, 3.05) is 13.1 Å². The predicted molar refractivity (Wildman–Crippen MR) is 150 cm³/mol. The van der Waals surface area contributed by atoms with Crippen molar-refractivity contribution in [1.82, 2.24) is 20.1 Å². The van der Waals surface area contributed by atoms with Gasteiger partial charge in [-0.1, -0.05) is 72.8 Å². The zero-order valence-electron chi connectivity index (χ0n) is 21.6. The molecule has 1 atom stereocenters.